The van der Waals surface area contributed by atoms with E-state index in [-0.39, 0.29) is 6.04 Å². The fourth-order valence-electron chi connectivity index (χ4n) is 6.72. The van der Waals surface area contributed by atoms with Gasteiger partial charge in [-0.05, 0) is 98.9 Å². The van der Waals surface area contributed by atoms with Crippen LogP contribution in [0.3, 0.4) is 0 Å². The molecule has 1 aliphatic rings. The molecule has 0 heterocycles. The van der Waals surface area contributed by atoms with Gasteiger partial charge in [0.25, 0.3) is 0 Å². The fourth-order valence-corrected chi connectivity index (χ4v) is 6.72. The minimum absolute atomic E-state index is 0.211. The average molecular weight is 667 g/mol. The van der Waals surface area contributed by atoms with E-state index in [9.17, 15) is 0 Å². The standard InChI is InChI=1S/C45H38N2.2C2H6/c1-3-33-23-24-37(32-45(33)46-2)42-20-10-5-4-9-19-41(43-21-13-14-22-44(42)43)35-26-28-39(29-27-35)47(38-17-7-6-8-18-38)40-30-25-34-15-11-12-16-36(34)31-40;2*1-2/h4-29,31-32,40H,2-3,30H2,1H3;2*1-2H3. The number of fused-ring (bicyclic) bond motifs is 2. The number of nitrogens with zero attached hydrogens (tertiary/aromatic N) is 2. The van der Waals surface area contributed by atoms with Gasteiger partial charge >= 0.3 is 0 Å². The monoisotopic (exact) mass is 666 g/mol. The molecule has 6 aromatic carbocycles. The summed E-state index contributed by atoms with van der Waals surface area (Å²) in [4.78, 5) is 6.81. The van der Waals surface area contributed by atoms with Crippen LogP contribution in [0.2, 0.25) is 0 Å². The van der Waals surface area contributed by atoms with Crippen LogP contribution in [0.5, 0.6) is 0 Å². The third kappa shape index (κ3) is 8.36. The molecular formula is C49H50N2. The van der Waals surface area contributed by atoms with Gasteiger partial charge in [0.1, 0.15) is 0 Å². The van der Waals surface area contributed by atoms with Crippen molar-refractivity contribution in [3.63, 3.8) is 0 Å². The molecule has 0 amide bonds. The highest BCUT2D eigenvalue weighted by Gasteiger charge is 2.20. The third-order valence-corrected chi connectivity index (χ3v) is 9.08. The Morgan fingerprint density at radius 1 is 0.569 bits per heavy atom. The van der Waals surface area contributed by atoms with E-state index >= 15 is 0 Å². The van der Waals surface area contributed by atoms with Crippen LogP contribution >= 0.6 is 0 Å². The zero-order valence-corrected chi connectivity index (χ0v) is 30.8. The molecule has 2 heteroatoms. The van der Waals surface area contributed by atoms with Crippen molar-refractivity contribution in [2.75, 3.05) is 4.90 Å². The second-order valence-corrected chi connectivity index (χ2v) is 11.9. The topological polar surface area (TPSA) is 15.6 Å². The van der Waals surface area contributed by atoms with Crippen molar-refractivity contribution in [1.82, 2.24) is 0 Å². The van der Waals surface area contributed by atoms with Gasteiger partial charge in [-0.1, -0.05) is 174 Å². The van der Waals surface area contributed by atoms with Gasteiger partial charge in [-0.2, -0.15) is 0 Å². The molecule has 1 unspecified atom stereocenters. The molecule has 0 aromatic heterocycles. The maximum absolute atomic E-state index is 4.35. The second-order valence-electron chi connectivity index (χ2n) is 11.9. The Morgan fingerprint density at radius 2 is 1.08 bits per heavy atom. The van der Waals surface area contributed by atoms with Crippen molar-refractivity contribution in [1.29, 1.82) is 0 Å². The molecule has 6 aromatic rings. The summed E-state index contributed by atoms with van der Waals surface area (Å²) < 4.78 is 0. The van der Waals surface area contributed by atoms with E-state index in [1.165, 1.54) is 49.3 Å². The van der Waals surface area contributed by atoms with Gasteiger partial charge in [0.2, 0.25) is 0 Å². The maximum Gasteiger partial charge on any atom is 0.0660 e. The Balaban J connectivity index is 0.00000122. The van der Waals surface area contributed by atoms with Crippen LogP contribution in [0.25, 0.3) is 45.2 Å². The highest BCUT2D eigenvalue weighted by atomic mass is 15.2. The van der Waals surface area contributed by atoms with Crippen molar-refractivity contribution < 1.29 is 0 Å². The Kier molecular flexibility index (Phi) is 13.1. The van der Waals surface area contributed by atoms with E-state index in [0.717, 1.165) is 29.7 Å². The van der Waals surface area contributed by atoms with Crippen LogP contribution in [0, 0.1) is 0 Å². The number of aryl methyl sites for hydroxylation is 1. The quantitative estimate of drug-likeness (QED) is 0.155. The summed E-state index contributed by atoms with van der Waals surface area (Å²) in [6, 6.07) is 56.8. The molecule has 0 saturated carbocycles. The number of para-hydroxylation sites is 1. The fraction of sp³-hybridized carbons (Fsp3) is 0.163. The van der Waals surface area contributed by atoms with Crippen LogP contribution in [0.1, 0.15) is 46.6 Å². The molecule has 1 atom stereocenters. The van der Waals surface area contributed by atoms with Gasteiger partial charge in [-0.3, -0.25) is 4.99 Å². The highest BCUT2D eigenvalue weighted by Crippen LogP contribution is 2.37. The van der Waals surface area contributed by atoms with E-state index in [4.69, 9.17) is 0 Å². The van der Waals surface area contributed by atoms with Gasteiger partial charge in [0, 0.05) is 11.4 Å². The van der Waals surface area contributed by atoms with E-state index < -0.39 is 0 Å². The van der Waals surface area contributed by atoms with Crippen molar-refractivity contribution in [2.24, 2.45) is 4.99 Å². The molecule has 0 aliphatic heterocycles. The van der Waals surface area contributed by atoms with Crippen LogP contribution in [0.4, 0.5) is 17.1 Å². The molecule has 0 N–H and O–H groups in total. The average Bonchev–Trinajstić information content (AvgIpc) is 3.21. The van der Waals surface area contributed by atoms with Crippen LogP contribution in [-0.4, -0.2) is 12.8 Å². The first-order chi connectivity index (χ1) is 25.2. The number of rotatable bonds is 7. The lowest BCUT2D eigenvalue weighted by atomic mass is 9.94. The maximum atomic E-state index is 4.35. The smallest absolute Gasteiger partial charge is 0.0660 e. The summed E-state index contributed by atoms with van der Waals surface area (Å²) in [5.74, 6) is 0. The van der Waals surface area contributed by atoms with E-state index in [1.54, 1.807) is 0 Å². The Labute approximate surface area is 305 Å². The summed E-state index contributed by atoms with van der Waals surface area (Å²) in [6.45, 7) is 14.0. The van der Waals surface area contributed by atoms with Crippen molar-refractivity contribution in [2.45, 2.75) is 53.5 Å². The summed E-state index contributed by atoms with van der Waals surface area (Å²) in [7, 11) is 0. The molecule has 0 fully saturated rings. The number of benzene rings is 5. The van der Waals surface area contributed by atoms with Crippen LogP contribution in [-0.2, 0) is 6.42 Å². The summed E-state index contributed by atoms with van der Waals surface area (Å²) in [5, 5.41) is 4.96. The minimum Gasteiger partial charge on any atom is -0.334 e. The first-order valence-corrected chi connectivity index (χ1v) is 18.4. The van der Waals surface area contributed by atoms with Crippen LogP contribution < -0.4 is 15.3 Å². The second kappa shape index (κ2) is 18.3. The van der Waals surface area contributed by atoms with E-state index in [0.29, 0.717) is 0 Å². The predicted octanol–water partition coefficient (Wildman–Crippen LogP) is 12.4. The lowest BCUT2D eigenvalue weighted by Crippen LogP contribution is -2.37. The zero-order valence-electron chi connectivity index (χ0n) is 30.8. The molecule has 0 bridgehead atoms. The molecule has 51 heavy (non-hydrogen) atoms. The predicted molar refractivity (Wildman–Crippen MR) is 225 cm³/mol. The molecule has 0 spiro atoms. The van der Waals surface area contributed by atoms with Crippen molar-refractivity contribution >= 4 is 46.7 Å². The molecule has 0 saturated heterocycles. The summed E-state index contributed by atoms with van der Waals surface area (Å²) in [6.07, 6.45) is 6.64. The van der Waals surface area contributed by atoms with Crippen LogP contribution in [0.15, 0.2) is 163 Å². The van der Waals surface area contributed by atoms with Crippen molar-refractivity contribution in [3.8, 4) is 22.3 Å². The van der Waals surface area contributed by atoms with Crippen molar-refractivity contribution in [3.05, 3.63) is 174 Å². The number of aliphatic imine (C=N–C) groups is 1. The van der Waals surface area contributed by atoms with E-state index in [1.807, 2.05) is 27.7 Å². The van der Waals surface area contributed by atoms with Gasteiger partial charge in [0.05, 0.1) is 11.7 Å². The normalized spacial score (nSPS) is 12.6. The highest BCUT2D eigenvalue weighted by molar-refractivity contribution is 6.03. The molecule has 1 aliphatic carbocycles. The molecule has 2 nitrogen and oxygen atoms in total. The van der Waals surface area contributed by atoms with Gasteiger partial charge in [0.15, 0.2) is 0 Å². The summed E-state index contributed by atoms with van der Waals surface area (Å²) >= 11 is 0. The number of anilines is 2. The Hall–Kier alpha value is -5.73. The van der Waals surface area contributed by atoms with Gasteiger partial charge in [-0.25, -0.2) is 0 Å². The van der Waals surface area contributed by atoms with Gasteiger partial charge < -0.3 is 4.90 Å². The third-order valence-electron chi connectivity index (χ3n) is 9.08. The molecular weight excluding hydrogens is 617 g/mol. The Bertz CT molecular complexity index is 2230. The van der Waals surface area contributed by atoms with Gasteiger partial charge in [-0.15, -0.1) is 0 Å². The molecule has 0 radical (unpaired) electrons. The first kappa shape index (κ1) is 36.5. The SMILES string of the molecule is C=Nc1cc(-c2ccccccc(-c3ccc(N(c4ccccc4)C4C=c5ccccc5=CC4)cc3)c3ccccc23)ccc1CC.CC.CC. The molecule has 7 rings (SSSR count). The lowest BCUT2D eigenvalue weighted by molar-refractivity contribution is 0.837. The number of hydrogen-bond acceptors (Lipinski definition) is 2. The van der Waals surface area contributed by atoms with E-state index in [2.05, 4.69) is 193 Å². The summed E-state index contributed by atoms with van der Waals surface area (Å²) in [5.41, 5.74) is 9.12. The first-order valence-electron chi connectivity index (χ1n) is 18.4. The zero-order chi connectivity index (χ0) is 36.0. The largest absolute Gasteiger partial charge is 0.334 e. The Morgan fingerprint density at radius 3 is 1.71 bits per heavy atom. The minimum atomic E-state index is 0.211. The lowest BCUT2D eigenvalue weighted by Gasteiger charge is -2.33. The number of hydrogen-bond donors (Lipinski definition) is 0. The molecule has 256 valence electrons.